The van der Waals surface area contributed by atoms with E-state index in [0.29, 0.717) is 6.04 Å². The zero-order valence-electron chi connectivity index (χ0n) is 13.2. The minimum atomic E-state index is 0.237. The molecule has 1 aliphatic heterocycles. The third kappa shape index (κ3) is 2.96. The van der Waals surface area contributed by atoms with Crippen molar-refractivity contribution < 1.29 is 0 Å². The van der Waals surface area contributed by atoms with Crippen LogP contribution in [0.25, 0.3) is 0 Å². The van der Waals surface area contributed by atoms with Gasteiger partial charge in [-0.1, -0.05) is 38.4 Å². The highest BCUT2D eigenvalue weighted by Crippen LogP contribution is 2.32. The first-order valence-corrected chi connectivity index (χ1v) is 8.21. The van der Waals surface area contributed by atoms with E-state index in [9.17, 15) is 0 Å². The van der Waals surface area contributed by atoms with Gasteiger partial charge in [-0.15, -0.1) is 0 Å². The van der Waals surface area contributed by atoms with Gasteiger partial charge in [0.15, 0.2) is 0 Å². The lowest BCUT2D eigenvalue weighted by Crippen LogP contribution is -2.64. The number of rotatable bonds is 4. The maximum atomic E-state index is 6.22. The van der Waals surface area contributed by atoms with Crippen LogP contribution in [-0.2, 0) is 0 Å². The van der Waals surface area contributed by atoms with Crippen molar-refractivity contribution in [3.8, 4) is 0 Å². The first-order chi connectivity index (χ1) is 9.55. The molecule has 1 atom stereocenters. The summed E-state index contributed by atoms with van der Waals surface area (Å²) in [4.78, 5) is 2.57. The van der Waals surface area contributed by atoms with Crippen LogP contribution in [0.15, 0.2) is 18.2 Å². The van der Waals surface area contributed by atoms with Crippen molar-refractivity contribution in [2.24, 2.45) is 0 Å². The number of anilines is 1. The van der Waals surface area contributed by atoms with Gasteiger partial charge in [-0.05, 0) is 43.9 Å². The summed E-state index contributed by atoms with van der Waals surface area (Å²) in [6, 6.07) is 6.79. The Morgan fingerprint density at radius 3 is 2.60 bits per heavy atom. The molecular weight excluding hydrogens is 268 g/mol. The lowest BCUT2D eigenvalue weighted by Gasteiger charge is -2.49. The minimum Gasteiger partial charge on any atom is -0.365 e. The summed E-state index contributed by atoms with van der Waals surface area (Å²) in [6.07, 6.45) is 3.48. The molecule has 0 radical (unpaired) electrons. The second-order valence-corrected chi connectivity index (χ2v) is 6.43. The third-order valence-electron chi connectivity index (χ3n) is 4.93. The fraction of sp³-hybridized carbons (Fsp3) is 0.647. The molecule has 0 bridgehead atoms. The molecule has 20 heavy (non-hydrogen) atoms. The van der Waals surface area contributed by atoms with Crippen LogP contribution >= 0.6 is 11.6 Å². The average molecular weight is 295 g/mol. The van der Waals surface area contributed by atoms with Crippen LogP contribution in [0.4, 0.5) is 5.69 Å². The molecule has 1 saturated heterocycles. The van der Waals surface area contributed by atoms with Crippen LogP contribution in [0.5, 0.6) is 0 Å². The van der Waals surface area contributed by atoms with Gasteiger partial charge in [0, 0.05) is 35.4 Å². The summed E-state index contributed by atoms with van der Waals surface area (Å²) in [7, 11) is 0. The largest absolute Gasteiger partial charge is 0.365 e. The summed E-state index contributed by atoms with van der Waals surface area (Å²) in [5, 5.41) is 4.62. The number of benzene rings is 1. The topological polar surface area (TPSA) is 15.3 Å². The van der Waals surface area contributed by atoms with Gasteiger partial charge >= 0.3 is 0 Å². The quantitative estimate of drug-likeness (QED) is 0.886. The van der Waals surface area contributed by atoms with E-state index in [2.05, 4.69) is 50.0 Å². The highest BCUT2D eigenvalue weighted by atomic mass is 35.5. The van der Waals surface area contributed by atoms with Crippen LogP contribution in [0.3, 0.4) is 0 Å². The molecule has 0 saturated carbocycles. The molecular formula is C17H27ClN2. The lowest BCUT2D eigenvalue weighted by molar-refractivity contribution is 0.246. The van der Waals surface area contributed by atoms with Crippen LogP contribution in [0, 0.1) is 6.92 Å². The van der Waals surface area contributed by atoms with E-state index in [1.807, 2.05) is 6.07 Å². The van der Waals surface area contributed by atoms with Gasteiger partial charge < -0.3 is 10.2 Å². The van der Waals surface area contributed by atoms with E-state index in [-0.39, 0.29) is 5.54 Å². The van der Waals surface area contributed by atoms with E-state index in [1.54, 1.807) is 0 Å². The van der Waals surface area contributed by atoms with E-state index in [4.69, 9.17) is 11.6 Å². The first-order valence-electron chi connectivity index (χ1n) is 7.83. The molecule has 3 heteroatoms. The van der Waals surface area contributed by atoms with Crippen LogP contribution in [0.2, 0.25) is 5.02 Å². The van der Waals surface area contributed by atoms with Crippen molar-refractivity contribution in [2.45, 2.75) is 58.5 Å². The molecule has 1 heterocycles. The molecule has 0 spiro atoms. The third-order valence-corrected chi connectivity index (χ3v) is 5.17. The van der Waals surface area contributed by atoms with Crippen LogP contribution < -0.4 is 10.2 Å². The lowest BCUT2D eigenvalue weighted by atomic mass is 9.87. The number of nitrogens with one attached hydrogen (secondary N) is 1. The summed E-state index contributed by atoms with van der Waals surface area (Å²) < 4.78 is 0. The Kier molecular flexibility index (Phi) is 4.98. The van der Waals surface area contributed by atoms with Crippen LogP contribution in [0.1, 0.15) is 45.6 Å². The van der Waals surface area contributed by atoms with Gasteiger partial charge in [-0.3, -0.25) is 0 Å². The molecule has 0 amide bonds. The molecule has 1 unspecified atom stereocenters. The highest BCUT2D eigenvalue weighted by molar-refractivity contribution is 6.30. The zero-order chi connectivity index (χ0) is 14.8. The Morgan fingerprint density at radius 1 is 1.30 bits per heavy atom. The number of hydrogen-bond donors (Lipinski definition) is 1. The summed E-state index contributed by atoms with van der Waals surface area (Å²) in [5.41, 5.74) is 2.86. The maximum Gasteiger partial charge on any atom is 0.0426 e. The number of hydrogen-bond acceptors (Lipinski definition) is 2. The number of piperazine rings is 1. The van der Waals surface area contributed by atoms with Gasteiger partial charge in [0.25, 0.3) is 0 Å². The molecule has 2 rings (SSSR count). The Bertz CT molecular complexity index is 454. The van der Waals surface area contributed by atoms with Crippen molar-refractivity contribution in [1.29, 1.82) is 0 Å². The van der Waals surface area contributed by atoms with Crippen molar-refractivity contribution in [3.63, 3.8) is 0 Å². The number of aryl methyl sites for hydroxylation is 1. The maximum absolute atomic E-state index is 6.22. The van der Waals surface area contributed by atoms with Crippen molar-refractivity contribution in [2.75, 3.05) is 18.0 Å². The van der Waals surface area contributed by atoms with E-state index < -0.39 is 0 Å². The molecule has 0 aliphatic carbocycles. The number of halogens is 1. The fourth-order valence-electron chi connectivity index (χ4n) is 3.22. The number of nitrogens with zero attached hydrogens (tertiary/aromatic N) is 1. The molecule has 1 aromatic rings. The van der Waals surface area contributed by atoms with Gasteiger partial charge in [0.05, 0.1) is 0 Å². The smallest absolute Gasteiger partial charge is 0.0426 e. The monoisotopic (exact) mass is 294 g/mol. The van der Waals surface area contributed by atoms with E-state index in [0.717, 1.165) is 37.4 Å². The molecule has 1 fully saturated rings. The predicted molar refractivity (Wildman–Crippen MR) is 88.9 cm³/mol. The molecule has 2 nitrogen and oxygen atoms in total. The standard InChI is InChI=1S/C17H27ClN2/c1-5-15-11-19-17(6-2,7-3)12-20(15)16-10-14(18)9-8-13(16)4/h8-10,15,19H,5-7,11-12H2,1-4H3. The molecule has 1 aliphatic rings. The average Bonchev–Trinajstić information content (AvgIpc) is 2.49. The Morgan fingerprint density at radius 2 is 2.00 bits per heavy atom. The van der Waals surface area contributed by atoms with Gasteiger partial charge in [-0.2, -0.15) is 0 Å². The minimum absolute atomic E-state index is 0.237. The Hall–Kier alpha value is -0.730. The zero-order valence-corrected chi connectivity index (χ0v) is 13.9. The summed E-state index contributed by atoms with van der Waals surface area (Å²) >= 11 is 6.22. The Balaban J connectivity index is 2.36. The van der Waals surface area contributed by atoms with Crippen molar-refractivity contribution >= 4 is 17.3 Å². The molecule has 1 N–H and O–H groups in total. The molecule has 0 aromatic heterocycles. The SMILES string of the molecule is CCC1CNC(CC)(CC)CN1c1cc(Cl)ccc1C. The van der Waals surface area contributed by atoms with Crippen LogP contribution in [-0.4, -0.2) is 24.7 Å². The summed E-state index contributed by atoms with van der Waals surface area (Å²) in [5.74, 6) is 0. The van der Waals surface area contributed by atoms with Crippen molar-refractivity contribution in [1.82, 2.24) is 5.32 Å². The van der Waals surface area contributed by atoms with E-state index in [1.165, 1.54) is 11.3 Å². The fourth-order valence-corrected chi connectivity index (χ4v) is 3.38. The second-order valence-electron chi connectivity index (χ2n) is 5.99. The second kappa shape index (κ2) is 6.36. The Labute approximate surface area is 128 Å². The van der Waals surface area contributed by atoms with E-state index >= 15 is 0 Å². The van der Waals surface area contributed by atoms with Gasteiger partial charge in [0.2, 0.25) is 0 Å². The summed E-state index contributed by atoms with van der Waals surface area (Å²) in [6.45, 7) is 11.1. The predicted octanol–water partition coefficient (Wildman–Crippen LogP) is 4.40. The highest BCUT2D eigenvalue weighted by Gasteiger charge is 2.36. The van der Waals surface area contributed by atoms with Gasteiger partial charge in [0.1, 0.15) is 0 Å². The first kappa shape index (κ1) is 15.7. The van der Waals surface area contributed by atoms with Crippen molar-refractivity contribution in [3.05, 3.63) is 28.8 Å². The molecule has 112 valence electrons. The normalized spacial score (nSPS) is 22.1. The molecule has 1 aromatic carbocycles. The van der Waals surface area contributed by atoms with Gasteiger partial charge in [-0.25, -0.2) is 0 Å².